The molecule has 0 aliphatic carbocycles. The SMILES string of the molecule is Cc1ccc(Cl)cc1NC(=O)/C(=C/c1cccc([N+](=O)[O-])c1)NC(=O)c1cccs1. The molecule has 0 radical (unpaired) electrons. The average molecular weight is 442 g/mol. The molecule has 1 heterocycles. The lowest BCUT2D eigenvalue weighted by Gasteiger charge is -2.12. The molecule has 2 aromatic carbocycles. The smallest absolute Gasteiger partial charge is 0.272 e. The molecular weight excluding hydrogens is 426 g/mol. The Labute approximate surface area is 181 Å². The molecule has 0 spiro atoms. The lowest BCUT2D eigenvalue weighted by atomic mass is 10.1. The molecule has 0 bridgehead atoms. The van der Waals surface area contributed by atoms with E-state index in [4.69, 9.17) is 11.6 Å². The second-order valence-electron chi connectivity index (χ2n) is 6.25. The Bertz CT molecular complexity index is 1140. The molecular formula is C21H16ClN3O4S. The van der Waals surface area contributed by atoms with Crippen LogP contribution >= 0.6 is 22.9 Å². The largest absolute Gasteiger partial charge is 0.320 e. The highest BCUT2D eigenvalue weighted by Crippen LogP contribution is 2.22. The summed E-state index contributed by atoms with van der Waals surface area (Å²) in [4.78, 5) is 36.4. The normalized spacial score (nSPS) is 11.1. The Morgan fingerprint density at radius 2 is 1.93 bits per heavy atom. The summed E-state index contributed by atoms with van der Waals surface area (Å²) in [6.07, 6.45) is 1.38. The third-order valence-corrected chi connectivity index (χ3v) is 5.18. The topological polar surface area (TPSA) is 101 Å². The Morgan fingerprint density at radius 1 is 1.13 bits per heavy atom. The van der Waals surface area contributed by atoms with Gasteiger partial charge in [-0.15, -0.1) is 11.3 Å². The van der Waals surface area contributed by atoms with Crippen molar-refractivity contribution in [2.75, 3.05) is 5.32 Å². The highest BCUT2D eigenvalue weighted by molar-refractivity contribution is 7.12. The van der Waals surface area contributed by atoms with Crippen molar-refractivity contribution in [1.82, 2.24) is 5.32 Å². The van der Waals surface area contributed by atoms with Crippen LogP contribution in [-0.2, 0) is 4.79 Å². The number of anilines is 1. The number of thiophene rings is 1. The van der Waals surface area contributed by atoms with Crippen molar-refractivity contribution in [1.29, 1.82) is 0 Å². The van der Waals surface area contributed by atoms with Crippen LogP contribution in [-0.4, -0.2) is 16.7 Å². The number of nitro benzene ring substituents is 1. The van der Waals surface area contributed by atoms with E-state index in [-0.39, 0.29) is 11.4 Å². The predicted molar refractivity (Wildman–Crippen MR) is 118 cm³/mol. The molecule has 3 rings (SSSR count). The molecule has 1 aromatic heterocycles. The number of nitrogens with zero attached hydrogens (tertiary/aromatic N) is 1. The van der Waals surface area contributed by atoms with Gasteiger partial charge in [-0.05, 0) is 47.7 Å². The maximum atomic E-state index is 12.9. The molecule has 0 aliphatic heterocycles. The molecule has 0 unspecified atom stereocenters. The van der Waals surface area contributed by atoms with Crippen LogP contribution < -0.4 is 10.6 Å². The van der Waals surface area contributed by atoms with Crippen LogP contribution in [0, 0.1) is 17.0 Å². The van der Waals surface area contributed by atoms with Crippen molar-refractivity contribution >= 4 is 52.2 Å². The van der Waals surface area contributed by atoms with Crippen LogP contribution in [0.5, 0.6) is 0 Å². The van der Waals surface area contributed by atoms with Gasteiger partial charge in [0.15, 0.2) is 0 Å². The van der Waals surface area contributed by atoms with Gasteiger partial charge in [0.2, 0.25) is 0 Å². The molecule has 0 saturated carbocycles. The molecule has 9 heteroatoms. The highest BCUT2D eigenvalue weighted by Gasteiger charge is 2.17. The lowest BCUT2D eigenvalue weighted by molar-refractivity contribution is -0.384. The number of nitrogens with one attached hydrogen (secondary N) is 2. The first-order chi connectivity index (χ1) is 14.3. The number of nitro groups is 1. The zero-order valence-electron chi connectivity index (χ0n) is 15.7. The first kappa shape index (κ1) is 21.2. The fraction of sp³-hybridized carbons (Fsp3) is 0.0476. The highest BCUT2D eigenvalue weighted by atomic mass is 35.5. The van der Waals surface area contributed by atoms with Crippen LogP contribution in [0.4, 0.5) is 11.4 Å². The molecule has 30 heavy (non-hydrogen) atoms. The van der Waals surface area contributed by atoms with Crippen molar-refractivity contribution in [3.63, 3.8) is 0 Å². The summed E-state index contributed by atoms with van der Waals surface area (Å²) in [5.41, 5.74) is 1.48. The maximum absolute atomic E-state index is 12.9. The third kappa shape index (κ3) is 5.31. The van der Waals surface area contributed by atoms with E-state index < -0.39 is 16.7 Å². The van der Waals surface area contributed by atoms with E-state index in [9.17, 15) is 19.7 Å². The molecule has 0 atom stereocenters. The lowest BCUT2D eigenvalue weighted by Crippen LogP contribution is -2.30. The fourth-order valence-corrected chi connectivity index (χ4v) is 3.35. The number of rotatable bonds is 6. The van der Waals surface area contributed by atoms with Crippen LogP contribution in [0.25, 0.3) is 6.08 Å². The van der Waals surface area contributed by atoms with Gasteiger partial charge in [0, 0.05) is 22.8 Å². The monoisotopic (exact) mass is 441 g/mol. The quantitative estimate of drug-likeness (QED) is 0.318. The van der Waals surface area contributed by atoms with E-state index in [2.05, 4.69) is 10.6 Å². The van der Waals surface area contributed by atoms with Crippen LogP contribution in [0.1, 0.15) is 20.8 Å². The van der Waals surface area contributed by atoms with Crippen LogP contribution in [0.15, 0.2) is 65.7 Å². The van der Waals surface area contributed by atoms with Gasteiger partial charge in [0.1, 0.15) is 5.70 Å². The van der Waals surface area contributed by atoms with Gasteiger partial charge in [-0.25, -0.2) is 0 Å². The number of carbonyl (C=O) groups is 2. The minimum absolute atomic E-state index is 0.0618. The van der Waals surface area contributed by atoms with E-state index in [1.165, 1.54) is 35.6 Å². The number of carbonyl (C=O) groups excluding carboxylic acids is 2. The summed E-state index contributed by atoms with van der Waals surface area (Å²) in [6.45, 7) is 1.81. The molecule has 152 valence electrons. The van der Waals surface area contributed by atoms with E-state index in [0.717, 1.165) is 5.56 Å². The Kier molecular flexibility index (Phi) is 6.61. The summed E-state index contributed by atoms with van der Waals surface area (Å²) in [5, 5.41) is 18.5. The predicted octanol–water partition coefficient (Wildman–Crippen LogP) is 5.03. The van der Waals surface area contributed by atoms with Crippen molar-refractivity contribution in [2.24, 2.45) is 0 Å². The van der Waals surface area contributed by atoms with Crippen molar-refractivity contribution in [3.05, 3.63) is 96.8 Å². The van der Waals surface area contributed by atoms with Crippen LogP contribution in [0.3, 0.4) is 0 Å². The van der Waals surface area contributed by atoms with E-state index in [1.54, 1.807) is 48.7 Å². The van der Waals surface area contributed by atoms with Gasteiger partial charge in [0.25, 0.3) is 17.5 Å². The number of benzene rings is 2. The van der Waals surface area contributed by atoms with Gasteiger partial charge in [-0.3, -0.25) is 19.7 Å². The summed E-state index contributed by atoms with van der Waals surface area (Å²) in [6, 6.07) is 14.2. The molecule has 2 amide bonds. The number of amides is 2. The molecule has 3 aromatic rings. The second-order valence-corrected chi connectivity index (χ2v) is 7.64. The van der Waals surface area contributed by atoms with Gasteiger partial charge in [0.05, 0.1) is 9.80 Å². The average Bonchev–Trinajstić information content (AvgIpc) is 3.25. The van der Waals surface area contributed by atoms with E-state index in [1.807, 2.05) is 0 Å². The molecule has 0 aliphatic rings. The maximum Gasteiger partial charge on any atom is 0.272 e. The van der Waals surface area contributed by atoms with E-state index in [0.29, 0.717) is 21.2 Å². The molecule has 2 N–H and O–H groups in total. The first-order valence-electron chi connectivity index (χ1n) is 8.72. The Balaban J connectivity index is 1.95. The standard InChI is InChI=1S/C21H16ClN3O4S/c1-13-7-8-15(22)12-17(13)23-20(26)18(24-21(27)19-6-3-9-30-19)11-14-4-2-5-16(10-14)25(28)29/h2-12H,1H3,(H,23,26)(H,24,27)/b18-11-. The molecule has 0 fully saturated rings. The first-order valence-corrected chi connectivity index (χ1v) is 9.98. The zero-order chi connectivity index (χ0) is 21.7. The summed E-state index contributed by atoms with van der Waals surface area (Å²) < 4.78 is 0. The Hall–Kier alpha value is -3.49. The van der Waals surface area contributed by atoms with Gasteiger partial charge in [-0.1, -0.05) is 35.9 Å². The van der Waals surface area contributed by atoms with Gasteiger partial charge < -0.3 is 10.6 Å². The molecule has 7 nitrogen and oxygen atoms in total. The minimum atomic E-state index is -0.586. The zero-order valence-corrected chi connectivity index (χ0v) is 17.3. The van der Waals surface area contributed by atoms with Gasteiger partial charge >= 0.3 is 0 Å². The third-order valence-electron chi connectivity index (χ3n) is 4.08. The summed E-state index contributed by atoms with van der Waals surface area (Å²) in [7, 11) is 0. The fourth-order valence-electron chi connectivity index (χ4n) is 2.56. The molecule has 0 saturated heterocycles. The van der Waals surface area contributed by atoms with Crippen molar-refractivity contribution in [3.8, 4) is 0 Å². The van der Waals surface area contributed by atoms with Gasteiger partial charge in [-0.2, -0.15) is 0 Å². The second kappa shape index (κ2) is 9.34. The number of hydrogen-bond donors (Lipinski definition) is 2. The summed E-state index contributed by atoms with van der Waals surface area (Å²) >= 11 is 7.24. The van der Waals surface area contributed by atoms with Crippen molar-refractivity contribution in [2.45, 2.75) is 6.92 Å². The summed E-state index contributed by atoms with van der Waals surface area (Å²) in [5.74, 6) is -1.04. The van der Waals surface area contributed by atoms with Crippen molar-refractivity contribution < 1.29 is 14.5 Å². The number of halogens is 1. The van der Waals surface area contributed by atoms with E-state index >= 15 is 0 Å². The minimum Gasteiger partial charge on any atom is -0.320 e. The number of hydrogen-bond acceptors (Lipinski definition) is 5. The number of non-ortho nitro benzene ring substituents is 1. The Morgan fingerprint density at radius 3 is 2.63 bits per heavy atom. The number of aryl methyl sites for hydroxylation is 1. The van der Waals surface area contributed by atoms with Crippen LogP contribution in [0.2, 0.25) is 5.02 Å².